The molecule has 242 valence electrons. The molecular formula is C39H40N2O6. The second kappa shape index (κ2) is 12.2. The van der Waals surface area contributed by atoms with Crippen molar-refractivity contribution in [1.29, 1.82) is 0 Å². The van der Waals surface area contributed by atoms with E-state index in [1.165, 1.54) is 0 Å². The van der Waals surface area contributed by atoms with Crippen molar-refractivity contribution >= 4 is 6.21 Å². The number of fused-ring (bicyclic) bond motifs is 4. The number of nitrogens with zero attached hydrogens (tertiary/aromatic N) is 2. The Hall–Kier alpha value is -5.24. The van der Waals surface area contributed by atoms with Crippen molar-refractivity contribution in [1.82, 2.24) is 4.98 Å². The van der Waals surface area contributed by atoms with Crippen LogP contribution in [0, 0.1) is 0 Å². The molecule has 0 fully saturated rings. The van der Waals surface area contributed by atoms with Gasteiger partial charge in [0.1, 0.15) is 11.5 Å². The summed E-state index contributed by atoms with van der Waals surface area (Å²) in [7, 11) is 0. The van der Waals surface area contributed by atoms with Gasteiger partial charge in [-0.1, -0.05) is 45.9 Å². The zero-order chi connectivity index (χ0) is 33.4. The molecule has 3 aromatic rings. The van der Waals surface area contributed by atoms with Gasteiger partial charge in [0.2, 0.25) is 11.8 Å². The Labute approximate surface area is 275 Å². The van der Waals surface area contributed by atoms with Crippen molar-refractivity contribution in [2.75, 3.05) is 0 Å². The predicted molar refractivity (Wildman–Crippen MR) is 182 cm³/mol. The number of allylic oxidation sites excluding steroid dienone is 7. The van der Waals surface area contributed by atoms with E-state index in [9.17, 15) is 20.4 Å². The highest BCUT2D eigenvalue weighted by Crippen LogP contribution is 2.64. The molecule has 1 aromatic heterocycles. The van der Waals surface area contributed by atoms with Gasteiger partial charge >= 0.3 is 0 Å². The predicted octanol–water partition coefficient (Wildman–Crippen LogP) is 8.23. The zero-order valence-electron chi connectivity index (χ0n) is 27.1. The monoisotopic (exact) mass is 632 g/mol. The first-order valence-corrected chi connectivity index (χ1v) is 15.8. The van der Waals surface area contributed by atoms with Gasteiger partial charge in [-0.2, -0.15) is 0 Å². The molecule has 0 bridgehead atoms. The van der Waals surface area contributed by atoms with E-state index in [1.54, 1.807) is 36.7 Å². The van der Waals surface area contributed by atoms with Crippen LogP contribution in [0.15, 0.2) is 114 Å². The van der Waals surface area contributed by atoms with Crippen LogP contribution in [0.1, 0.15) is 75.6 Å². The summed E-state index contributed by atoms with van der Waals surface area (Å²) in [6.07, 6.45) is 20.2. The summed E-state index contributed by atoms with van der Waals surface area (Å²) in [5.74, 6) is 2.09. The van der Waals surface area contributed by atoms with Crippen LogP contribution >= 0.6 is 0 Å². The molecule has 1 spiro atoms. The lowest BCUT2D eigenvalue weighted by molar-refractivity contribution is 0.312. The Balaban J connectivity index is 0.000000166. The molecule has 8 heteroatoms. The maximum absolute atomic E-state index is 10.1. The Kier molecular flexibility index (Phi) is 8.22. The van der Waals surface area contributed by atoms with E-state index in [1.807, 2.05) is 60.7 Å². The largest absolute Gasteiger partial charge is 0.504 e. The SMILES string of the molecule is C1=CCC=C(OC2=CC(Oc3ccccn3)=CCC=C2)N=C1.CC1(C)CC2(CC(C)(C)c3cc(O)c(O)cc32)c2cc(O)c(O)cc21. The summed E-state index contributed by atoms with van der Waals surface area (Å²) in [4.78, 5) is 8.40. The molecular weight excluding hydrogens is 592 g/mol. The quantitative estimate of drug-likeness (QED) is 0.214. The van der Waals surface area contributed by atoms with Gasteiger partial charge in [0.15, 0.2) is 23.0 Å². The minimum absolute atomic E-state index is 0.102. The van der Waals surface area contributed by atoms with Gasteiger partial charge < -0.3 is 29.9 Å². The number of benzene rings is 2. The highest BCUT2D eigenvalue weighted by Gasteiger charge is 2.56. The van der Waals surface area contributed by atoms with Gasteiger partial charge in [-0.25, -0.2) is 9.98 Å². The highest BCUT2D eigenvalue weighted by molar-refractivity contribution is 5.72. The first-order chi connectivity index (χ1) is 22.4. The number of aliphatic imine (C=N–C) groups is 1. The highest BCUT2D eigenvalue weighted by atomic mass is 16.5. The number of rotatable bonds is 4. The molecule has 4 N–H and O–H groups in total. The minimum Gasteiger partial charge on any atom is -0.504 e. The number of hydrogen-bond donors (Lipinski definition) is 4. The molecule has 0 saturated heterocycles. The molecule has 0 saturated carbocycles. The first-order valence-electron chi connectivity index (χ1n) is 15.8. The van der Waals surface area contributed by atoms with Crippen LogP contribution in [0.25, 0.3) is 0 Å². The van der Waals surface area contributed by atoms with E-state index >= 15 is 0 Å². The first kappa shape index (κ1) is 31.7. The van der Waals surface area contributed by atoms with Crippen LogP contribution in [0.3, 0.4) is 0 Å². The molecule has 7 rings (SSSR count). The Morgan fingerprint density at radius 3 is 1.87 bits per heavy atom. The third-order valence-electron chi connectivity index (χ3n) is 9.16. The second-order valence-corrected chi connectivity index (χ2v) is 13.6. The van der Waals surface area contributed by atoms with Gasteiger partial charge in [0.25, 0.3) is 0 Å². The summed E-state index contributed by atoms with van der Waals surface area (Å²) >= 11 is 0. The molecule has 47 heavy (non-hydrogen) atoms. The molecule has 2 aromatic carbocycles. The summed E-state index contributed by atoms with van der Waals surface area (Å²) in [5, 5.41) is 40.3. The lowest BCUT2D eigenvalue weighted by Crippen LogP contribution is -2.26. The van der Waals surface area contributed by atoms with Gasteiger partial charge in [-0.15, -0.1) is 0 Å². The van der Waals surface area contributed by atoms with Crippen molar-refractivity contribution in [2.45, 2.75) is 69.6 Å². The number of aromatic hydroxyl groups is 4. The van der Waals surface area contributed by atoms with Crippen LogP contribution < -0.4 is 4.74 Å². The summed E-state index contributed by atoms with van der Waals surface area (Å²) < 4.78 is 11.6. The fourth-order valence-electron chi connectivity index (χ4n) is 7.30. The number of aromatic nitrogens is 1. The van der Waals surface area contributed by atoms with E-state index in [2.05, 4.69) is 37.7 Å². The van der Waals surface area contributed by atoms with Crippen molar-refractivity contribution < 1.29 is 29.9 Å². The van der Waals surface area contributed by atoms with E-state index in [0.29, 0.717) is 23.3 Å². The van der Waals surface area contributed by atoms with Gasteiger partial charge in [0, 0.05) is 30.0 Å². The van der Waals surface area contributed by atoms with Crippen molar-refractivity contribution in [3.63, 3.8) is 0 Å². The van der Waals surface area contributed by atoms with Gasteiger partial charge in [-0.05, 0) is 113 Å². The average molecular weight is 633 g/mol. The topological polar surface area (TPSA) is 125 Å². The smallest absolute Gasteiger partial charge is 0.219 e. The van der Waals surface area contributed by atoms with Crippen molar-refractivity contribution in [3.05, 3.63) is 131 Å². The van der Waals surface area contributed by atoms with Gasteiger partial charge in [-0.3, -0.25) is 0 Å². The van der Waals surface area contributed by atoms with Crippen molar-refractivity contribution in [3.8, 4) is 28.9 Å². The third-order valence-corrected chi connectivity index (χ3v) is 9.16. The average Bonchev–Trinajstić information content (AvgIpc) is 3.23. The molecule has 0 atom stereocenters. The van der Waals surface area contributed by atoms with E-state index in [4.69, 9.17) is 9.47 Å². The molecule has 0 radical (unpaired) electrons. The lowest BCUT2D eigenvalue weighted by Gasteiger charge is -2.30. The maximum Gasteiger partial charge on any atom is 0.219 e. The van der Waals surface area contributed by atoms with E-state index < -0.39 is 0 Å². The molecule has 0 unspecified atom stereocenters. The van der Waals surface area contributed by atoms with Gasteiger partial charge in [0.05, 0.1) is 0 Å². The Morgan fingerprint density at radius 2 is 1.28 bits per heavy atom. The molecule has 1 aliphatic heterocycles. The molecule has 8 nitrogen and oxygen atoms in total. The number of pyridine rings is 1. The molecule has 0 amide bonds. The lowest BCUT2D eigenvalue weighted by atomic mass is 9.72. The number of ether oxygens (including phenoxy) is 2. The Morgan fingerprint density at radius 1 is 0.681 bits per heavy atom. The van der Waals surface area contributed by atoms with Crippen molar-refractivity contribution in [2.24, 2.45) is 4.99 Å². The number of phenolic OH excluding ortho intramolecular Hbond substituents is 4. The van der Waals surface area contributed by atoms with Crippen LogP contribution in [0.2, 0.25) is 0 Å². The van der Waals surface area contributed by atoms with Crippen LogP contribution in [-0.4, -0.2) is 31.6 Å². The summed E-state index contributed by atoms with van der Waals surface area (Å²) in [6.45, 7) is 8.56. The third kappa shape index (κ3) is 6.28. The standard InChI is InChI=1S/C21H24O4.C18H16N2O2/c1-19(2)9-21(13-7-17(24)15(22)5-11(13)19)10-20(3,4)12-6-16(23)18(25)8-14(12)21;1-2-10-17(19-12-6-1)21-15-8-3-4-9-16(14-15)22-18-11-5-7-13-20-18/h5-8,22-25H,9-10H2,1-4H3;1,3,5-14H,2,4H2. The fraction of sp³-hybridized carbons (Fsp3) is 0.282. The minimum atomic E-state index is -0.353. The fourth-order valence-corrected chi connectivity index (χ4v) is 7.30. The molecule has 3 aliphatic carbocycles. The maximum atomic E-state index is 10.1. The van der Waals surface area contributed by atoms with E-state index in [-0.39, 0.29) is 39.2 Å². The summed E-state index contributed by atoms with van der Waals surface area (Å²) in [6, 6.07) is 12.2. The number of phenols is 4. The normalized spacial score (nSPS) is 19.3. The zero-order valence-corrected chi connectivity index (χ0v) is 27.1. The van der Waals surface area contributed by atoms with Crippen LogP contribution in [-0.2, 0) is 21.0 Å². The van der Waals surface area contributed by atoms with E-state index in [0.717, 1.165) is 47.9 Å². The second-order valence-electron chi connectivity index (χ2n) is 13.6. The molecule has 4 aliphatic rings. The Bertz CT molecular complexity index is 1800. The van der Waals surface area contributed by atoms with Crippen LogP contribution in [0.5, 0.6) is 28.9 Å². The molecule has 2 heterocycles. The van der Waals surface area contributed by atoms with Crippen LogP contribution in [0.4, 0.5) is 0 Å². The summed E-state index contributed by atoms with van der Waals surface area (Å²) in [5.41, 5.74) is 3.36. The number of hydrogen-bond acceptors (Lipinski definition) is 8.